The zero-order valence-electron chi connectivity index (χ0n) is 10.4. The van der Waals surface area contributed by atoms with Gasteiger partial charge in [0.2, 0.25) is 10.0 Å². The number of esters is 1. The number of benzene rings is 1. The molecular formula is C11H14FNO5S. The number of hydrogen-bond donors (Lipinski definition) is 2. The zero-order chi connectivity index (χ0) is 14.6. The molecule has 8 heteroatoms. The van der Waals surface area contributed by atoms with Crippen LogP contribution in [0.2, 0.25) is 0 Å². The SMILES string of the molecule is COC(=O)c1ccc(F)cc1S(=O)(=O)NCC(C)O. The molecule has 1 unspecified atom stereocenters. The third kappa shape index (κ3) is 3.98. The molecule has 0 amide bonds. The van der Waals surface area contributed by atoms with Crippen LogP contribution in [0, 0.1) is 5.82 Å². The van der Waals surface area contributed by atoms with Gasteiger partial charge in [-0.15, -0.1) is 0 Å². The maximum absolute atomic E-state index is 13.2. The Labute approximate surface area is 110 Å². The van der Waals surface area contributed by atoms with Crippen LogP contribution in [0.25, 0.3) is 0 Å². The molecule has 106 valence electrons. The van der Waals surface area contributed by atoms with E-state index in [1.807, 2.05) is 0 Å². The third-order valence-electron chi connectivity index (χ3n) is 2.21. The quantitative estimate of drug-likeness (QED) is 0.760. The minimum atomic E-state index is -4.11. The molecule has 0 bridgehead atoms. The number of nitrogens with one attached hydrogen (secondary N) is 1. The Morgan fingerprint density at radius 1 is 1.53 bits per heavy atom. The number of carbonyl (C=O) groups is 1. The zero-order valence-corrected chi connectivity index (χ0v) is 11.2. The first-order valence-electron chi connectivity index (χ1n) is 5.33. The average molecular weight is 291 g/mol. The summed E-state index contributed by atoms with van der Waals surface area (Å²) in [6.45, 7) is 1.13. The van der Waals surface area contributed by atoms with Crippen molar-refractivity contribution in [2.24, 2.45) is 0 Å². The van der Waals surface area contributed by atoms with E-state index < -0.39 is 32.8 Å². The van der Waals surface area contributed by atoms with Crippen molar-refractivity contribution in [3.05, 3.63) is 29.6 Å². The lowest BCUT2D eigenvalue weighted by molar-refractivity contribution is 0.0596. The number of carbonyl (C=O) groups excluding carboxylic acids is 1. The lowest BCUT2D eigenvalue weighted by Gasteiger charge is -2.11. The first-order valence-corrected chi connectivity index (χ1v) is 6.82. The molecule has 0 saturated heterocycles. The highest BCUT2D eigenvalue weighted by Crippen LogP contribution is 2.18. The summed E-state index contributed by atoms with van der Waals surface area (Å²) in [4.78, 5) is 10.9. The van der Waals surface area contributed by atoms with Gasteiger partial charge in [-0.05, 0) is 25.1 Å². The van der Waals surface area contributed by atoms with E-state index in [0.29, 0.717) is 0 Å². The molecule has 0 aromatic heterocycles. The topological polar surface area (TPSA) is 92.7 Å². The van der Waals surface area contributed by atoms with Crippen molar-refractivity contribution in [2.45, 2.75) is 17.9 Å². The Kier molecular flexibility index (Phi) is 4.98. The summed E-state index contributed by atoms with van der Waals surface area (Å²) in [5.74, 6) is -1.69. The number of ether oxygens (including phenoxy) is 1. The van der Waals surface area contributed by atoms with Crippen LogP contribution in [-0.4, -0.2) is 39.3 Å². The second-order valence-corrected chi connectivity index (χ2v) is 5.57. The summed E-state index contributed by atoms with van der Waals surface area (Å²) in [5.41, 5.74) is -0.276. The van der Waals surface area contributed by atoms with Gasteiger partial charge in [-0.2, -0.15) is 0 Å². The molecule has 0 aliphatic rings. The van der Waals surface area contributed by atoms with Crippen LogP contribution in [0.4, 0.5) is 4.39 Å². The van der Waals surface area contributed by atoms with Gasteiger partial charge in [-0.3, -0.25) is 0 Å². The lowest BCUT2D eigenvalue weighted by atomic mass is 10.2. The van der Waals surface area contributed by atoms with Crippen molar-refractivity contribution >= 4 is 16.0 Å². The fourth-order valence-corrected chi connectivity index (χ4v) is 2.63. The number of sulfonamides is 1. The van der Waals surface area contributed by atoms with Gasteiger partial charge < -0.3 is 9.84 Å². The van der Waals surface area contributed by atoms with Gasteiger partial charge in [0.15, 0.2) is 0 Å². The summed E-state index contributed by atoms with van der Waals surface area (Å²) in [6.07, 6.45) is -0.912. The molecule has 0 radical (unpaired) electrons. The van der Waals surface area contributed by atoms with Gasteiger partial charge >= 0.3 is 5.97 Å². The number of halogens is 1. The van der Waals surface area contributed by atoms with Crippen molar-refractivity contribution in [1.29, 1.82) is 0 Å². The largest absolute Gasteiger partial charge is 0.465 e. The third-order valence-corrected chi connectivity index (χ3v) is 3.67. The van der Waals surface area contributed by atoms with Crippen LogP contribution in [0.1, 0.15) is 17.3 Å². The highest BCUT2D eigenvalue weighted by Gasteiger charge is 2.23. The Hall–Kier alpha value is -1.51. The number of aliphatic hydroxyl groups excluding tert-OH is 1. The Balaban J connectivity index is 3.24. The van der Waals surface area contributed by atoms with Crippen molar-refractivity contribution in [2.75, 3.05) is 13.7 Å². The molecule has 0 fully saturated rings. The monoisotopic (exact) mass is 291 g/mol. The van der Waals surface area contributed by atoms with E-state index >= 15 is 0 Å². The Morgan fingerprint density at radius 2 is 2.16 bits per heavy atom. The van der Waals surface area contributed by atoms with Crippen LogP contribution >= 0.6 is 0 Å². The minimum Gasteiger partial charge on any atom is -0.465 e. The van der Waals surface area contributed by atoms with E-state index in [0.717, 1.165) is 25.3 Å². The van der Waals surface area contributed by atoms with Crippen molar-refractivity contribution in [3.63, 3.8) is 0 Å². The molecule has 0 saturated carbocycles. The van der Waals surface area contributed by atoms with Gasteiger partial charge in [-0.25, -0.2) is 22.3 Å². The lowest BCUT2D eigenvalue weighted by Crippen LogP contribution is -2.31. The first-order chi connectivity index (χ1) is 8.77. The predicted octanol–water partition coefficient (Wildman–Crippen LogP) is 0.271. The molecule has 2 N–H and O–H groups in total. The molecule has 0 spiro atoms. The van der Waals surface area contributed by atoms with Crippen molar-refractivity contribution in [1.82, 2.24) is 4.72 Å². The van der Waals surface area contributed by atoms with Crippen LogP contribution in [0.15, 0.2) is 23.1 Å². The van der Waals surface area contributed by atoms with E-state index in [4.69, 9.17) is 5.11 Å². The number of rotatable bonds is 5. The normalized spacial score (nSPS) is 13.1. The van der Waals surface area contributed by atoms with E-state index in [1.165, 1.54) is 6.92 Å². The van der Waals surface area contributed by atoms with Crippen molar-refractivity contribution < 1.29 is 27.4 Å². The highest BCUT2D eigenvalue weighted by atomic mass is 32.2. The molecule has 19 heavy (non-hydrogen) atoms. The van der Waals surface area contributed by atoms with E-state index in [2.05, 4.69) is 9.46 Å². The van der Waals surface area contributed by atoms with Crippen LogP contribution in [-0.2, 0) is 14.8 Å². The second kappa shape index (κ2) is 6.09. The summed E-state index contributed by atoms with van der Waals surface area (Å²) in [5, 5.41) is 9.05. The Morgan fingerprint density at radius 3 is 2.68 bits per heavy atom. The van der Waals surface area contributed by atoms with Gasteiger partial charge in [0, 0.05) is 6.54 Å². The maximum atomic E-state index is 13.2. The summed E-state index contributed by atoms with van der Waals surface area (Å²) in [6, 6.07) is 2.70. The second-order valence-electron chi connectivity index (χ2n) is 3.83. The van der Waals surface area contributed by atoms with Gasteiger partial charge in [0.1, 0.15) is 5.82 Å². The number of hydrogen-bond acceptors (Lipinski definition) is 5. The van der Waals surface area contributed by atoms with Crippen LogP contribution in [0.3, 0.4) is 0 Å². The molecule has 0 heterocycles. The molecule has 6 nitrogen and oxygen atoms in total. The molecule has 1 rings (SSSR count). The first kappa shape index (κ1) is 15.5. The summed E-state index contributed by atoms with van der Waals surface area (Å²) >= 11 is 0. The van der Waals surface area contributed by atoms with Crippen molar-refractivity contribution in [3.8, 4) is 0 Å². The van der Waals surface area contributed by atoms with E-state index in [9.17, 15) is 17.6 Å². The molecular weight excluding hydrogens is 277 g/mol. The standard InChI is InChI=1S/C11H14FNO5S/c1-7(14)6-13-19(16,17)10-5-8(12)3-4-9(10)11(15)18-2/h3-5,7,13-14H,6H2,1-2H3. The van der Waals surface area contributed by atoms with Gasteiger partial charge in [0.25, 0.3) is 0 Å². The smallest absolute Gasteiger partial charge is 0.339 e. The number of aliphatic hydroxyl groups is 1. The van der Waals surface area contributed by atoms with E-state index in [-0.39, 0.29) is 12.1 Å². The fourth-order valence-electron chi connectivity index (χ4n) is 1.31. The van der Waals surface area contributed by atoms with Gasteiger partial charge in [-0.1, -0.05) is 0 Å². The minimum absolute atomic E-state index is 0.251. The highest BCUT2D eigenvalue weighted by molar-refractivity contribution is 7.89. The maximum Gasteiger partial charge on any atom is 0.339 e. The molecule has 1 aromatic carbocycles. The average Bonchev–Trinajstić information content (AvgIpc) is 2.35. The molecule has 0 aliphatic heterocycles. The number of methoxy groups -OCH3 is 1. The van der Waals surface area contributed by atoms with Crippen LogP contribution < -0.4 is 4.72 Å². The van der Waals surface area contributed by atoms with E-state index in [1.54, 1.807) is 0 Å². The fraction of sp³-hybridized carbons (Fsp3) is 0.364. The summed E-state index contributed by atoms with van der Waals surface area (Å²) in [7, 11) is -3.03. The van der Waals surface area contributed by atoms with Crippen LogP contribution in [0.5, 0.6) is 0 Å². The summed E-state index contributed by atoms with van der Waals surface area (Å²) < 4.78 is 43.5. The Bertz CT molecular complexity index is 570. The molecule has 1 atom stereocenters. The molecule has 1 aromatic rings. The molecule has 0 aliphatic carbocycles. The predicted molar refractivity (Wildman–Crippen MR) is 64.6 cm³/mol. The van der Waals surface area contributed by atoms with Gasteiger partial charge in [0.05, 0.1) is 23.7 Å².